The molecule has 186 valence electrons. The maximum absolute atomic E-state index is 4.61. The smallest absolute Gasteiger partial charge is 0.203 e. The molecule has 0 amide bonds. The molecule has 1 N–H and O–H groups in total. The number of quaternary nitrogens is 1. The Labute approximate surface area is 215 Å². The lowest BCUT2D eigenvalue weighted by Crippen LogP contribution is -2.47. The van der Waals surface area contributed by atoms with Crippen molar-refractivity contribution in [3.05, 3.63) is 90.8 Å². The average Bonchev–Trinajstić information content (AvgIpc) is 3.31. The number of allylic oxidation sites excluding steroid dienone is 2. The Morgan fingerprint density at radius 1 is 1.06 bits per heavy atom. The fraction of sp³-hybridized carbons (Fsp3) is 0.323. The number of H-pyrrole nitrogens is 1. The highest BCUT2D eigenvalue weighted by atomic mass is 15.3. The molecule has 0 aliphatic heterocycles. The molecule has 0 unspecified atom stereocenters. The third-order valence-corrected chi connectivity index (χ3v) is 7.52. The first-order chi connectivity index (χ1) is 17.3. The summed E-state index contributed by atoms with van der Waals surface area (Å²) in [5.41, 5.74) is 8.20. The molecule has 1 aliphatic rings. The molecule has 0 radical (unpaired) electrons. The van der Waals surface area contributed by atoms with Crippen molar-refractivity contribution in [3.8, 4) is 11.4 Å². The van der Waals surface area contributed by atoms with Crippen LogP contribution in [0.1, 0.15) is 55.7 Å². The number of benzene rings is 1. The molecule has 1 aliphatic carbocycles. The summed E-state index contributed by atoms with van der Waals surface area (Å²) in [6.07, 6.45) is 14.3. The molecule has 2 heterocycles. The molecule has 1 saturated carbocycles. The van der Waals surface area contributed by atoms with Crippen molar-refractivity contribution in [1.29, 1.82) is 0 Å². The monoisotopic (exact) mass is 481 g/mol. The van der Waals surface area contributed by atoms with Gasteiger partial charge in [0.25, 0.3) is 0 Å². The Kier molecular flexibility index (Phi) is 7.80. The lowest BCUT2D eigenvalue weighted by atomic mass is 9.92. The van der Waals surface area contributed by atoms with Gasteiger partial charge in [-0.05, 0) is 80.7 Å². The van der Waals surface area contributed by atoms with Crippen LogP contribution in [0.3, 0.4) is 0 Å². The standard InChI is InChI=1S/C31H38N5/c1-23(29-22-35(4)34-31(29)30-14-10-11-20-33-30)19-21-32-24(2)26-15-17-27(18-16-26)25(3)36(5,6)28-12-8-7-9-13-28/h10-11,14-22,28H,2-3,7-9,12-13H2,1,4-6H3/q+1/p+1/b23-19+,32-21?. The molecule has 0 saturated heterocycles. The number of nitrogens with zero attached hydrogens (tertiary/aromatic N) is 4. The summed E-state index contributed by atoms with van der Waals surface area (Å²) < 4.78 is 2.80. The minimum atomic E-state index is 0.654. The first-order valence-corrected chi connectivity index (χ1v) is 12.8. The molecule has 36 heavy (non-hydrogen) atoms. The van der Waals surface area contributed by atoms with Gasteiger partial charge in [0.15, 0.2) is 7.05 Å². The van der Waals surface area contributed by atoms with Crippen LogP contribution < -0.4 is 4.68 Å². The van der Waals surface area contributed by atoms with E-state index in [-0.39, 0.29) is 0 Å². The van der Waals surface area contributed by atoms with Crippen LogP contribution in [0.25, 0.3) is 28.4 Å². The van der Waals surface area contributed by atoms with E-state index in [2.05, 4.69) is 79.7 Å². The van der Waals surface area contributed by atoms with Gasteiger partial charge in [0.1, 0.15) is 11.4 Å². The second-order valence-electron chi connectivity index (χ2n) is 10.3. The normalized spacial score (nSPS) is 15.4. The molecule has 1 aromatic carbocycles. The third kappa shape index (κ3) is 5.63. The summed E-state index contributed by atoms with van der Waals surface area (Å²) in [6.45, 7) is 10.7. The highest BCUT2D eigenvalue weighted by molar-refractivity contribution is 5.89. The molecule has 0 spiro atoms. The predicted octanol–water partition coefficient (Wildman–Crippen LogP) is 6.43. The molecule has 0 bridgehead atoms. The van der Waals surface area contributed by atoms with Gasteiger partial charge in [-0.3, -0.25) is 14.5 Å². The Morgan fingerprint density at radius 3 is 2.42 bits per heavy atom. The fourth-order valence-electron chi connectivity index (χ4n) is 5.07. The molecule has 5 nitrogen and oxygen atoms in total. The fourth-order valence-corrected chi connectivity index (χ4v) is 5.07. The van der Waals surface area contributed by atoms with Gasteiger partial charge in [-0.25, -0.2) is 0 Å². The second-order valence-corrected chi connectivity index (χ2v) is 10.3. The van der Waals surface area contributed by atoms with Crippen molar-refractivity contribution < 1.29 is 9.16 Å². The van der Waals surface area contributed by atoms with E-state index in [1.807, 2.05) is 42.2 Å². The zero-order chi connectivity index (χ0) is 25.7. The zero-order valence-electron chi connectivity index (χ0n) is 22.2. The van der Waals surface area contributed by atoms with E-state index in [4.69, 9.17) is 0 Å². The molecule has 2 aromatic heterocycles. The third-order valence-electron chi connectivity index (χ3n) is 7.52. The summed E-state index contributed by atoms with van der Waals surface area (Å²) in [6, 6.07) is 15.1. The van der Waals surface area contributed by atoms with Crippen LogP contribution in [0.5, 0.6) is 0 Å². The van der Waals surface area contributed by atoms with Crippen molar-refractivity contribution in [3.63, 3.8) is 0 Å². The van der Waals surface area contributed by atoms with Gasteiger partial charge < -0.3 is 0 Å². The van der Waals surface area contributed by atoms with Crippen LogP contribution in [0.2, 0.25) is 0 Å². The van der Waals surface area contributed by atoms with E-state index in [1.54, 1.807) is 6.20 Å². The number of aliphatic imine (C=N–C) groups is 1. The summed E-state index contributed by atoms with van der Waals surface area (Å²) in [4.78, 5) is 9.10. The Bertz CT molecular complexity index is 1270. The first-order valence-electron chi connectivity index (χ1n) is 12.8. The molecular weight excluding hydrogens is 442 g/mol. The molecule has 0 atom stereocenters. The molecule has 1 fully saturated rings. The van der Waals surface area contributed by atoms with Gasteiger partial charge in [-0.2, -0.15) is 5.10 Å². The van der Waals surface area contributed by atoms with E-state index < -0.39 is 0 Å². The molecule has 4 rings (SSSR count). The van der Waals surface area contributed by atoms with Crippen molar-refractivity contribution in [2.24, 2.45) is 12.0 Å². The number of aromatic nitrogens is 3. The van der Waals surface area contributed by atoms with Crippen LogP contribution >= 0.6 is 0 Å². The predicted molar refractivity (Wildman–Crippen MR) is 151 cm³/mol. The minimum absolute atomic E-state index is 0.654. The van der Waals surface area contributed by atoms with Gasteiger partial charge in [0, 0.05) is 18.0 Å². The molecule has 3 aromatic rings. The minimum Gasteiger partial charge on any atom is -0.294 e. The first kappa shape index (κ1) is 25.5. The highest BCUT2D eigenvalue weighted by Gasteiger charge is 2.33. The van der Waals surface area contributed by atoms with E-state index in [1.165, 1.54) is 43.4 Å². The largest absolute Gasteiger partial charge is 0.294 e. The van der Waals surface area contributed by atoms with Crippen molar-refractivity contribution in [1.82, 2.24) is 10.1 Å². The van der Waals surface area contributed by atoms with Crippen LogP contribution in [-0.4, -0.2) is 40.9 Å². The van der Waals surface area contributed by atoms with E-state index in [0.29, 0.717) is 6.04 Å². The van der Waals surface area contributed by atoms with Crippen molar-refractivity contribution in [2.75, 3.05) is 14.1 Å². The van der Waals surface area contributed by atoms with Crippen LogP contribution in [0.15, 0.2) is 79.1 Å². The number of rotatable bonds is 8. The SMILES string of the molecule is C=C(N=C/C=C(\C)c1c[n+](C)[nH]c1-c1ccccn1)c1ccc(C(=C)[N+](C)(C)C2CCCCC2)cc1. The van der Waals surface area contributed by atoms with Gasteiger partial charge in [0.2, 0.25) is 6.20 Å². The second kappa shape index (κ2) is 11.0. The van der Waals surface area contributed by atoms with Crippen LogP contribution in [0.4, 0.5) is 0 Å². The summed E-state index contributed by atoms with van der Waals surface area (Å²) in [7, 11) is 6.58. The van der Waals surface area contributed by atoms with Gasteiger partial charge in [-0.15, -0.1) is 4.68 Å². The summed E-state index contributed by atoms with van der Waals surface area (Å²) in [5.74, 6) is 0. The highest BCUT2D eigenvalue weighted by Crippen LogP contribution is 2.33. The summed E-state index contributed by atoms with van der Waals surface area (Å²) in [5, 5.41) is 3.36. The number of aryl methyl sites for hydroxylation is 1. The number of pyridine rings is 1. The maximum atomic E-state index is 4.61. The van der Waals surface area contributed by atoms with Crippen LogP contribution in [0, 0.1) is 0 Å². The van der Waals surface area contributed by atoms with Gasteiger partial charge >= 0.3 is 0 Å². The van der Waals surface area contributed by atoms with E-state index >= 15 is 0 Å². The topological polar surface area (TPSA) is 44.9 Å². The van der Waals surface area contributed by atoms with Gasteiger partial charge in [0.05, 0.1) is 37.1 Å². The van der Waals surface area contributed by atoms with Gasteiger partial charge in [-0.1, -0.05) is 31.2 Å². The lowest BCUT2D eigenvalue weighted by Gasteiger charge is -2.41. The van der Waals surface area contributed by atoms with Crippen LogP contribution in [-0.2, 0) is 7.05 Å². The van der Waals surface area contributed by atoms with E-state index in [0.717, 1.165) is 38.3 Å². The lowest BCUT2D eigenvalue weighted by molar-refractivity contribution is -0.847. The summed E-state index contributed by atoms with van der Waals surface area (Å²) >= 11 is 0. The molecular formula is C31H39N5+2. The Hall–Kier alpha value is -3.57. The number of nitrogens with one attached hydrogen (secondary N) is 1. The van der Waals surface area contributed by atoms with E-state index in [9.17, 15) is 0 Å². The Morgan fingerprint density at radius 2 is 1.75 bits per heavy atom. The average molecular weight is 482 g/mol. The molecule has 5 heteroatoms. The quantitative estimate of drug-likeness (QED) is 0.225. The van der Waals surface area contributed by atoms with Crippen molar-refractivity contribution in [2.45, 2.75) is 45.1 Å². The number of hydrogen-bond donors (Lipinski definition) is 1. The van der Waals surface area contributed by atoms with Crippen molar-refractivity contribution >= 4 is 23.2 Å². The zero-order valence-corrected chi connectivity index (χ0v) is 22.2. The number of aromatic amines is 1. The maximum Gasteiger partial charge on any atom is 0.203 e. The Balaban J connectivity index is 1.44. The number of hydrogen-bond acceptors (Lipinski definition) is 2.